The molecule has 0 atom stereocenters. The first kappa shape index (κ1) is 14.1. The van der Waals surface area contributed by atoms with Crippen LogP contribution in [0.3, 0.4) is 0 Å². The van der Waals surface area contributed by atoms with Crippen molar-refractivity contribution in [2.24, 2.45) is 0 Å². The molecule has 2 N–H and O–H groups in total. The van der Waals surface area contributed by atoms with Crippen LogP contribution in [0.25, 0.3) is 0 Å². The largest absolute Gasteiger partial charge is 0.494 e. The second-order valence-electron chi connectivity index (χ2n) is 3.73. The topological polar surface area (TPSA) is 50.4 Å². The molecular formula is C14H18N2O2. The summed E-state index contributed by atoms with van der Waals surface area (Å²) in [7, 11) is 0. The monoisotopic (exact) mass is 246 g/mol. The van der Waals surface area contributed by atoms with Crippen LogP contribution in [0.4, 0.5) is 5.69 Å². The van der Waals surface area contributed by atoms with Crippen molar-refractivity contribution >= 4 is 11.6 Å². The summed E-state index contributed by atoms with van der Waals surface area (Å²) in [5.41, 5.74) is 0.742. The third kappa shape index (κ3) is 5.37. The first-order valence-electron chi connectivity index (χ1n) is 5.93. The lowest BCUT2D eigenvalue weighted by atomic mass is 10.3. The van der Waals surface area contributed by atoms with E-state index in [-0.39, 0.29) is 12.5 Å². The van der Waals surface area contributed by atoms with Crippen molar-refractivity contribution in [2.45, 2.75) is 13.3 Å². The Bertz CT molecular complexity index is 407. The predicted molar refractivity (Wildman–Crippen MR) is 72.6 cm³/mol. The number of hydrogen-bond acceptors (Lipinski definition) is 3. The molecule has 4 nitrogen and oxygen atoms in total. The van der Waals surface area contributed by atoms with Crippen LogP contribution in [0.15, 0.2) is 24.3 Å². The van der Waals surface area contributed by atoms with Crippen molar-refractivity contribution < 1.29 is 9.53 Å². The van der Waals surface area contributed by atoms with Gasteiger partial charge in [0.2, 0.25) is 5.91 Å². The number of carbonyl (C=O) groups is 1. The highest BCUT2D eigenvalue weighted by atomic mass is 16.5. The Morgan fingerprint density at radius 2 is 2.11 bits per heavy atom. The first-order chi connectivity index (χ1) is 8.76. The van der Waals surface area contributed by atoms with Crippen LogP contribution >= 0.6 is 0 Å². The molecule has 0 saturated carbocycles. The second kappa shape index (κ2) is 8.15. The van der Waals surface area contributed by atoms with Gasteiger partial charge in [-0.3, -0.25) is 10.1 Å². The molecular weight excluding hydrogens is 228 g/mol. The molecule has 1 amide bonds. The summed E-state index contributed by atoms with van der Waals surface area (Å²) in [6.45, 7) is 3.34. The van der Waals surface area contributed by atoms with Gasteiger partial charge in [-0.1, -0.05) is 12.8 Å². The van der Waals surface area contributed by atoms with Crippen LogP contribution in [0.1, 0.15) is 13.3 Å². The Morgan fingerprint density at radius 1 is 1.39 bits per heavy atom. The number of anilines is 1. The zero-order chi connectivity index (χ0) is 13.2. The zero-order valence-corrected chi connectivity index (χ0v) is 10.5. The van der Waals surface area contributed by atoms with E-state index in [9.17, 15) is 4.79 Å². The van der Waals surface area contributed by atoms with Gasteiger partial charge in [-0.15, -0.1) is 6.42 Å². The number of carbonyl (C=O) groups excluding carboxylic acids is 1. The molecule has 0 radical (unpaired) electrons. The quantitative estimate of drug-likeness (QED) is 0.568. The Morgan fingerprint density at radius 3 is 2.72 bits per heavy atom. The third-order valence-electron chi connectivity index (χ3n) is 2.12. The fourth-order valence-electron chi connectivity index (χ4n) is 1.31. The summed E-state index contributed by atoms with van der Waals surface area (Å²) < 4.78 is 5.45. The van der Waals surface area contributed by atoms with Gasteiger partial charge in [-0.2, -0.15) is 0 Å². The van der Waals surface area contributed by atoms with Crippen LogP contribution in [-0.4, -0.2) is 25.6 Å². The predicted octanol–water partition coefficient (Wildman–Crippen LogP) is 1.64. The van der Waals surface area contributed by atoms with Crippen LogP contribution in [0.2, 0.25) is 0 Å². The highest BCUT2D eigenvalue weighted by Gasteiger charge is 2.01. The van der Waals surface area contributed by atoms with Crippen molar-refractivity contribution in [3.8, 4) is 18.1 Å². The minimum atomic E-state index is -0.118. The lowest BCUT2D eigenvalue weighted by molar-refractivity contribution is -0.115. The molecule has 96 valence electrons. The number of terminal acetylenes is 1. The van der Waals surface area contributed by atoms with Crippen LogP contribution < -0.4 is 15.4 Å². The minimum Gasteiger partial charge on any atom is -0.494 e. The maximum atomic E-state index is 11.5. The van der Waals surface area contributed by atoms with Crippen molar-refractivity contribution in [1.82, 2.24) is 5.32 Å². The van der Waals surface area contributed by atoms with E-state index >= 15 is 0 Å². The highest BCUT2D eigenvalue weighted by Crippen LogP contribution is 2.15. The van der Waals surface area contributed by atoms with Gasteiger partial charge in [-0.05, 0) is 30.7 Å². The Kier molecular flexibility index (Phi) is 6.37. The van der Waals surface area contributed by atoms with Crippen LogP contribution in [0, 0.1) is 12.3 Å². The molecule has 0 aliphatic heterocycles. The smallest absolute Gasteiger partial charge is 0.238 e. The summed E-state index contributed by atoms with van der Waals surface area (Å²) in [6.07, 6.45) is 6.04. The van der Waals surface area contributed by atoms with E-state index in [1.54, 1.807) is 0 Å². The average Bonchev–Trinajstić information content (AvgIpc) is 2.38. The summed E-state index contributed by atoms with van der Waals surface area (Å²) in [4.78, 5) is 11.5. The lowest BCUT2D eigenvalue weighted by Crippen LogP contribution is -2.28. The molecule has 0 heterocycles. The van der Waals surface area contributed by atoms with E-state index in [1.165, 1.54) is 0 Å². The van der Waals surface area contributed by atoms with Crippen molar-refractivity contribution in [3.05, 3.63) is 24.3 Å². The Labute approximate surface area is 108 Å². The molecule has 0 unspecified atom stereocenters. The molecule has 18 heavy (non-hydrogen) atoms. The van der Waals surface area contributed by atoms with E-state index in [0.717, 1.165) is 17.9 Å². The molecule has 1 aromatic rings. The fourth-order valence-corrected chi connectivity index (χ4v) is 1.31. The molecule has 1 aromatic carbocycles. The number of rotatable bonds is 7. The normalized spacial score (nSPS) is 9.56. The lowest BCUT2D eigenvalue weighted by Gasteiger charge is -2.07. The Balaban J connectivity index is 2.38. The Hall–Kier alpha value is -1.99. The van der Waals surface area contributed by atoms with E-state index in [4.69, 9.17) is 11.2 Å². The van der Waals surface area contributed by atoms with Crippen LogP contribution in [0.5, 0.6) is 5.75 Å². The molecule has 0 aromatic heterocycles. The summed E-state index contributed by atoms with van der Waals surface area (Å²) in [6, 6.07) is 7.29. The summed E-state index contributed by atoms with van der Waals surface area (Å²) in [5.74, 6) is 3.09. The van der Waals surface area contributed by atoms with Gasteiger partial charge in [0.1, 0.15) is 5.75 Å². The second-order valence-corrected chi connectivity index (χ2v) is 3.73. The van der Waals surface area contributed by atoms with Gasteiger partial charge >= 0.3 is 0 Å². The summed E-state index contributed by atoms with van der Waals surface area (Å²) in [5, 5.41) is 5.58. The van der Waals surface area contributed by atoms with Crippen molar-refractivity contribution in [2.75, 3.05) is 25.0 Å². The van der Waals surface area contributed by atoms with Crippen molar-refractivity contribution in [1.29, 1.82) is 0 Å². The molecule has 0 bridgehead atoms. The molecule has 0 aliphatic rings. The number of nitrogens with one attached hydrogen (secondary N) is 2. The maximum Gasteiger partial charge on any atom is 0.238 e. The fraction of sp³-hybridized carbons (Fsp3) is 0.357. The third-order valence-corrected chi connectivity index (χ3v) is 2.12. The van der Waals surface area contributed by atoms with E-state index in [0.29, 0.717) is 13.2 Å². The minimum absolute atomic E-state index is 0.118. The molecule has 4 heteroatoms. The van der Waals surface area contributed by atoms with Gasteiger partial charge in [0.05, 0.1) is 19.7 Å². The molecule has 0 spiro atoms. The number of benzene rings is 1. The average molecular weight is 246 g/mol. The molecule has 1 rings (SSSR count). The first-order valence-corrected chi connectivity index (χ1v) is 5.93. The maximum absolute atomic E-state index is 11.5. The standard InChI is InChI=1S/C14H18N2O2/c1-3-9-15-11-14(17)16-12-5-7-13(8-6-12)18-10-4-2/h1,5-8,15H,4,9-11H2,2H3,(H,16,17). The van der Waals surface area contributed by atoms with Gasteiger partial charge in [0.15, 0.2) is 0 Å². The molecule has 0 aliphatic carbocycles. The number of ether oxygens (including phenoxy) is 1. The van der Waals surface area contributed by atoms with Gasteiger partial charge in [0.25, 0.3) is 0 Å². The SMILES string of the molecule is C#CCNCC(=O)Nc1ccc(OCCC)cc1. The number of amides is 1. The van der Waals surface area contributed by atoms with Gasteiger partial charge in [0, 0.05) is 5.69 Å². The van der Waals surface area contributed by atoms with Crippen LogP contribution in [-0.2, 0) is 4.79 Å². The highest BCUT2D eigenvalue weighted by molar-refractivity contribution is 5.92. The van der Waals surface area contributed by atoms with Gasteiger partial charge < -0.3 is 10.1 Å². The molecule has 0 saturated heterocycles. The zero-order valence-electron chi connectivity index (χ0n) is 10.5. The van der Waals surface area contributed by atoms with Gasteiger partial charge in [-0.25, -0.2) is 0 Å². The van der Waals surface area contributed by atoms with E-state index in [1.807, 2.05) is 24.3 Å². The summed E-state index contributed by atoms with van der Waals surface area (Å²) >= 11 is 0. The van der Waals surface area contributed by atoms with E-state index in [2.05, 4.69) is 23.5 Å². The van der Waals surface area contributed by atoms with E-state index < -0.39 is 0 Å². The van der Waals surface area contributed by atoms with Crippen molar-refractivity contribution in [3.63, 3.8) is 0 Å². The molecule has 0 fully saturated rings. The number of hydrogen-bond donors (Lipinski definition) is 2.